The molecule has 0 unspecified atom stereocenters. The Kier molecular flexibility index (Phi) is 3.72. The van der Waals surface area contributed by atoms with Gasteiger partial charge in [0.05, 0.1) is 23.5 Å². The molecule has 0 fully saturated rings. The standard InChI is InChI=1S/C13H13BrN2O2/c1-8-3-4-11(12(5-8)17-2)18-13-10(14)6-9(15)7-16-13/h3-7H,15H2,1-2H3. The molecule has 1 heterocycles. The molecule has 0 atom stereocenters. The molecule has 18 heavy (non-hydrogen) atoms. The molecular formula is C13H13BrN2O2. The molecule has 5 heteroatoms. The summed E-state index contributed by atoms with van der Waals surface area (Å²) in [5.41, 5.74) is 7.30. The van der Waals surface area contributed by atoms with Gasteiger partial charge in [-0.1, -0.05) is 6.07 Å². The summed E-state index contributed by atoms with van der Waals surface area (Å²) in [5, 5.41) is 0. The number of hydrogen-bond acceptors (Lipinski definition) is 4. The molecule has 0 radical (unpaired) electrons. The number of hydrogen-bond donors (Lipinski definition) is 1. The number of nitrogen functional groups attached to an aromatic ring is 1. The molecule has 0 aliphatic heterocycles. The lowest BCUT2D eigenvalue weighted by Crippen LogP contribution is -1.95. The quantitative estimate of drug-likeness (QED) is 0.942. The van der Waals surface area contributed by atoms with Crippen molar-refractivity contribution in [2.75, 3.05) is 12.8 Å². The molecule has 2 aromatic rings. The van der Waals surface area contributed by atoms with Crippen LogP contribution in [0.5, 0.6) is 17.4 Å². The van der Waals surface area contributed by atoms with Crippen molar-refractivity contribution in [1.29, 1.82) is 0 Å². The van der Waals surface area contributed by atoms with E-state index in [0.29, 0.717) is 27.5 Å². The molecule has 94 valence electrons. The first kappa shape index (κ1) is 12.7. The minimum absolute atomic E-state index is 0.450. The maximum atomic E-state index is 5.70. The van der Waals surface area contributed by atoms with Crippen LogP contribution < -0.4 is 15.2 Å². The summed E-state index contributed by atoms with van der Waals surface area (Å²) >= 11 is 3.36. The van der Waals surface area contributed by atoms with Gasteiger partial charge >= 0.3 is 0 Å². The van der Waals surface area contributed by atoms with Gasteiger partial charge in [0.25, 0.3) is 0 Å². The Hall–Kier alpha value is -1.75. The number of anilines is 1. The van der Waals surface area contributed by atoms with Crippen molar-refractivity contribution in [3.8, 4) is 17.4 Å². The van der Waals surface area contributed by atoms with Crippen molar-refractivity contribution < 1.29 is 9.47 Å². The summed E-state index contributed by atoms with van der Waals surface area (Å²) in [6.07, 6.45) is 1.54. The van der Waals surface area contributed by atoms with E-state index >= 15 is 0 Å². The highest BCUT2D eigenvalue weighted by molar-refractivity contribution is 9.10. The Morgan fingerprint density at radius 2 is 2.00 bits per heavy atom. The topological polar surface area (TPSA) is 57.4 Å². The molecule has 1 aromatic heterocycles. The molecule has 0 bridgehead atoms. The van der Waals surface area contributed by atoms with E-state index in [-0.39, 0.29) is 0 Å². The zero-order chi connectivity index (χ0) is 13.1. The number of nitrogens with zero attached hydrogens (tertiary/aromatic N) is 1. The Morgan fingerprint density at radius 3 is 2.67 bits per heavy atom. The fourth-order valence-corrected chi connectivity index (χ4v) is 1.93. The van der Waals surface area contributed by atoms with Crippen LogP contribution in [0.25, 0.3) is 0 Å². The Balaban J connectivity index is 2.33. The van der Waals surface area contributed by atoms with Gasteiger partial charge in [-0.3, -0.25) is 0 Å². The predicted octanol–water partition coefficient (Wildman–Crippen LogP) is 3.54. The molecule has 4 nitrogen and oxygen atoms in total. The van der Waals surface area contributed by atoms with Gasteiger partial charge in [-0.05, 0) is 46.6 Å². The lowest BCUT2D eigenvalue weighted by molar-refractivity contribution is 0.373. The smallest absolute Gasteiger partial charge is 0.233 e. The third-order valence-electron chi connectivity index (χ3n) is 2.35. The van der Waals surface area contributed by atoms with Crippen molar-refractivity contribution in [2.24, 2.45) is 0 Å². The van der Waals surface area contributed by atoms with Gasteiger partial charge in [-0.25, -0.2) is 4.98 Å². The second-order valence-corrected chi connectivity index (χ2v) is 4.67. The van der Waals surface area contributed by atoms with Crippen LogP contribution in [0.3, 0.4) is 0 Å². The third-order valence-corrected chi connectivity index (χ3v) is 2.92. The molecule has 0 spiro atoms. The first-order valence-electron chi connectivity index (χ1n) is 5.33. The minimum atomic E-state index is 0.450. The highest BCUT2D eigenvalue weighted by Crippen LogP contribution is 2.34. The van der Waals surface area contributed by atoms with E-state index in [9.17, 15) is 0 Å². The van der Waals surface area contributed by atoms with E-state index in [2.05, 4.69) is 20.9 Å². The maximum Gasteiger partial charge on any atom is 0.233 e. The SMILES string of the molecule is COc1cc(C)ccc1Oc1ncc(N)cc1Br. The minimum Gasteiger partial charge on any atom is -0.493 e. The number of ether oxygens (including phenoxy) is 2. The second kappa shape index (κ2) is 5.27. The van der Waals surface area contributed by atoms with E-state index in [1.165, 1.54) is 0 Å². The third kappa shape index (κ3) is 2.73. The lowest BCUT2D eigenvalue weighted by Gasteiger charge is -2.11. The number of methoxy groups -OCH3 is 1. The van der Waals surface area contributed by atoms with Crippen molar-refractivity contribution in [1.82, 2.24) is 4.98 Å². The van der Waals surface area contributed by atoms with Gasteiger partial charge in [0.15, 0.2) is 11.5 Å². The van der Waals surface area contributed by atoms with Crippen molar-refractivity contribution in [3.05, 3.63) is 40.5 Å². The summed E-state index contributed by atoms with van der Waals surface area (Å²) in [6, 6.07) is 7.44. The molecule has 0 aliphatic carbocycles. The number of pyridine rings is 1. The number of benzene rings is 1. The Labute approximate surface area is 114 Å². The fourth-order valence-electron chi connectivity index (χ4n) is 1.48. The van der Waals surface area contributed by atoms with E-state index < -0.39 is 0 Å². The fraction of sp³-hybridized carbons (Fsp3) is 0.154. The molecule has 2 N–H and O–H groups in total. The van der Waals surface area contributed by atoms with Crippen LogP contribution in [0.1, 0.15) is 5.56 Å². The summed E-state index contributed by atoms with van der Waals surface area (Å²) < 4.78 is 11.7. The van der Waals surface area contributed by atoms with Crippen LogP contribution in [-0.4, -0.2) is 12.1 Å². The molecule has 2 rings (SSSR count). The van der Waals surface area contributed by atoms with Gasteiger partial charge < -0.3 is 15.2 Å². The predicted molar refractivity (Wildman–Crippen MR) is 74.2 cm³/mol. The largest absolute Gasteiger partial charge is 0.493 e. The molecule has 0 saturated heterocycles. The van der Waals surface area contributed by atoms with Crippen molar-refractivity contribution in [3.63, 3.8) is 0 Å². The lowest BCUT2D eigenvalue weighted by atomic mass is 10.2. The maximum absolute atomic E-state index is 5.70. The van der Waals surface area contributed by atoms with Crippen molar-refractivity contribution >= 4 is 21.6 Å². The first-order valence-corrected chi connectivity index (χ1v) is 6.13. The number of halogens is 1. The summed E-state index contributed by atoms with van der Waals surface area (Å²) in [7, 11) is 1.60. The highest BCUT2D eigenvalue weighted by atomic mass is 79.9. The molecule has 0 aliphatic rings. The monoisotopic (exact) mass is 308 g/mol. The number of aryl methyl sites for hydroxylation is 1. The van der Waals surface area contributed by atoms with E-state index in [4.69, 9.17) is 15.2 Å². The van der Waals surface area contributed by atoms with E-state index in [1.807, 2.05) is 25.1 Å². The Morgan fingerprint density at radius 1 is 1.22 bits per heavy atom. The van der Waals surface area contributed by atoms with Gasteiger partial charge in [0.2, 0.25) is 5.88 Å². The van der Waals surface area contributed by atoms with Gasteiger partial charge in [0, 0.05) is 0 Å². The van der Waals surface area contributed by atoms with Crippen LogP contribution in [0.4, 0.5) is 5.69 Å². The molecule has 1 aromatic carbocycles. The van der Waals surface area contributed by atoms with Crippen LogP contribution in [0.2, 0.25) is 0 Å². The Bertz CT molecular complexity index is 573. The summed E-state index contributed by atoms with van der Waals surface area (Å²) in [4.78, 5) is 4.12. The zero-order valence-electron chi connectivity index (χ0n) is 10.1. The van der Waals surface area contributed by atoms with E-state index in [1.54, 1.807) is 19.4 Å². The molecular weight excluding hydrogens is 296 g/mol. The van der Waals surface area contributed by atoms with Crippen LogP contribution in [-0.2, 0) is 0 Å². The molecule has 0 amide bonds. The zero-order valence-corrected chi connectivity index (χ0v) is 11.7. The summed E-state index contributed by atoms with van der Waals surface area (Å²) in [5.74, 6) is 1.73. The van der Waals surface area contributed by atoms with Crippen molar-refractivity contribution in [2.45, 2.75) is 6.92 Å². The first-order chi connectivity index (χ1) is 8.60. The van der Waals surface area contributed by atoms with Crippen LogP contribution >= 0.6 is 15.9 Å². The van der Waals surface area contributed by atoms with Crippen LogP contribution in [0.15, 0.2) is 34.9 Å². The normalized spacial score (nSPS) is 10.2. The van der Waals surface area contributed by atoms with Gasteiger partial charge in [-0.2, -0.15) is 0 Å². The van der Waals surface area contributed by atoms with Gasteiger partial charge in [-0.15, -0.1) is 0 Å². The number of rotatable bonds is 3. The second-order valence-electron chi connectivity index (χ2n) is 3.81. The number of aromatic nitrogens is 1. The number of nitrogens with two attached hydrogens (primary N) is 1. The highest BCUT2D eigenvalue weighted by Gasteiger charge is 2.09. The van der Waals surface area contributed by atoms with Crippen LogP contribution in [0, 0.1) is 6.92 Å². The average molecular weight is 309 g/mol. The molecule has 0 saturated carbocycles. The van der Waals surface area contributed by atoms with Gasteiger partial charge in [0.1, 0.15) is 0 Å². The average Bonchev–Trinajstić information content (AvgIpc) is 2.34. The van der Waals surface area contributed by atoms with E-state index in [0.717, 1.165) is 5.56 Å². The summed E-state index contributed by atoms with van der Waals surface area (Å²) in [6.45, 7) is 1.99.